The molecule has 0 unspecified atom stereocenters. The summed E-state index contributed by atoms with van der Waals surface area (Å²) < 4.78 is 0. The average Bonchev–Trinajstić information content (AvgIpc) is 2.98. The molecule has 6 amide bonds. The molecule has 2 aromatic carbocycles. The molecular formula is C58H53N13O11S6. The first-order valence-corrected chi connectivity index (χ1v) is 32.5. The Labute approximate surface area is 524 Å². The number of thiazole rings is 6. The second-order valence-electron chi connectivity index (χ2n) is 20.7. The zero-order chi connectivity index (χ0) is 61.9. The Morgan fingerprint density at radius 1 is 0.693 bits per heavy atom. The first-order chi connectivity index (χ1) is 42.3. The lowest BCUT2D eigenvalue weighted by atomic mass is 10.00. The van der Waals surface area contributed by atoms with Crippen LogP contribution < -0.4 is 27.0 Å². The third-order valence-corrected chi connectivity index (χ3v) is 20.1. The van der Waals surface area contributed by atoms with Crippen molar-refractivity contribution in [3.63, 3.8) is 0 Å². The van der Waals surface area contributed by atoms with Crippen molar-refractivity contribution >= 4 is 109 Å². The Morgan fingerprint density at radius 2 is 1.35 bits per heavy atom. The SMILES string of the molecule is Cc1sc2nc1C(=O)N[C@@H]([C@H](O)c1ccccc1)c1nc(cs1)C(=O)N[C@@H](Cc1ccc(O)cc1)C(=O)N1C[C@H](O)[C@H](C)[C@@H]1c1nc(cs1)-c1nc(cs1)-c1nc(-c3nc(C(=O)NCCCCC(=O)O)cs3)ccc1-c1nc(cs1)C(=O)N[C@H]2CC(N)=O. The number of hydrogen-bond acceptors (Lipinski definition) is 23. The molecule has 0 saturated carbocycles. The standard InChI is InChI=1S/C58H53N13O11S6/c1-26-40(73)20-71-46(26)57-68-39(25-87-57)54-64-35(21-84-54)44-31(15-16-32(61-44)53-66-36(22-85-53)48(78)60-17-7-6-10-42(75)76)52-65-37(23-83-52)49(79)62-33(19-41(59)74)55-70-43(27(2)88-55)51(81)69-45(47(77)29-8-4-3-5-9-29)56-67-38(24-86-56)50(80)63-34(58(71)82)18-28-11-13-30(72)14-12-28/h3-5,8-9,11-16,21-26,33-34,40,45-47,72-73,77H,6-7,10,17-20H2,1-2H3,(H2,59,74)(H,60,78)(H,62,79)(H,63,80)(H,69,81)(H,75,76)/t26-,33-,34-,40-,45-,46+,47+/m0/s1. The number of aliphatic hydroxyl groups excluding tert-OH is 2. The van der Waals surface area contributed by atoms with E-state index >= 15 is 4.79 Å². The fraction of sp³-hybridized carbons (Fsp3) is 0.276. The number of rotatable bonds is 13. The summed E-state index contributed by atoms with van der Waals surface area (Å²) in [5.41, 5.74) is 8.63. The van der Waals surface area contributed by atoms with Crippen molar-refractivity contribution < 1.29 is 54.0 Å². The molecule has 0 aliphatic carbocycles. The maximum Gasteiger partial charge on any atom is 0.303 e. The number of aryl methyl sites for hydroxylation is 1. The second kappa shape index (κ2) is 26.4. The zero-order valence-electron chi connectivity index (χ0n) is 46.5. The molecule has 7 aromatic heterocycles. The Balaban J connectivity index is 0.991. The number of primary amides is 1. The number of carbonyl (C=O) groups excluding carboxylic acids is 6. The maximum atomic E-state index is 15.2. The number of carboxylic acids is 1. The van der Waals surface area contributed by atoms with E-state index in [1.54, 1.807) is 77.7 Å². The topological polar surface area (TPSA) is 368 Å². The maximum absolute atomic E-state index is 15.2. The monoisotopic (exact) mass is 1300 g/mol. The summed E-state index contributed by atoms with van der Waals surface area (Å²) in [6, 6.07) is 13.7. The van der Waals surface area contributed by atoms with E-state index in [2.05, 4.69) is 36.2 Å². The molecule has 2 aliphatic rings. The molecule has 9 aromatic rings. The number of unbranched alkanes of at least 4 members (excludes halogenated alkanes) is 1. The number of benzene rings is 2. The van der Waals surface area contributed by atoms with Crippen molar-refractivity contribution in [3.05, 3.63) is 147 Å². The van der Waals surface area contributed by atoms with Crippen molar-refractivity contribution in [2.75, 3.05) is 13.1 Å². The van der Waals surface area contributed by atoms with Crippen molar-refractivity contribution in [2.24, 2.45) is 11.7 Å². The number of aliphatic hydroxyl groups is 2. The smallest absolute Gasteiger partial charge is 0.303 e. The molecule has 88 heavy (non-hydrogen) atoms. The van der Waals surface area contributed by atoms with Crippen LogP contribution in [0.4, 0.5) is 0 Å². The zero-order valence-corrected chi connectivity index (χ0v) is 51.4. The Bertz CT molecular complexity index is 4100. The van der Waals surface area contributed by atoms with Crippen LogP contribution in [0.3, 0.4) is 0 Å². The summed E-state index contributed by atoms with van der Waals surface area (Å²) in [6.07, 6.45) is -2.02. The molecule has 10 bridgehead atoms. The molecule has 11 rings (SSSR count). The lowest BCUT2D eigenvalue weighted by Gasteiger charge is -2.29. The van der Waals surface area contributed by atoms with Gasteiger partial charge >= 0.3 is 5.97 Å². The third-order valence-electron chi connectivity index (χ3n) is 14.6. The minimum Gasteiger partial charge on any atom is -0.508 e. The fourth-order valence-corrected chi connectivity index (χ4v) is 15.3. The summed E-state index contributed by atoms with van der Waals surface area (Å²) in [5, 5.41) is 64.1. The van der Waals surface area contributed by atoms with Gasteiger partial charge < -0.3 is 52.3 Å². The van der Waals surface area contributed by atoms with E-state index in [0.717, 1.165) is 34.0 Å². The van der Waals surface area contributed by atoms with E-state index in [0.29, 0.717) is 77.2 Å². The van der Waals surface area contributed by atoms with Gasteiger partial charge in [0.15, 0.2) is 0 Å². The Kier molecular flexibility index (Phi) is 18.3. The normalized spacial score (nSPS) is 19.2. The van der Waals surface area contributed by atoms with Crippen molar-refractivity contribution in [3.8, 4) is 49.1 Å². The van der Waals surface area contributed by atoms with Crippen molar-refractivity contribution in [2.45, 2.75) is 82.3 Å². The largest absolute Gasteiger partial charge is 0.508 e. The minimum absolute atomic E-state index is 0.00908. The molecule has 30 heteroatoms. The number of aromatic nitrogens is 7. The number of phenols is 1. The number of fused-ring (bicyclic) bond motifs is 16. The van der Waals surface area contributed by atoms with Gasteiger partial charge in [-0.3, -0.25) is 33.6 Å². The third kappa shape index (κ3) is 13.4. The molecule has 452 valence electrons. The van der Waals surface area contributed by atoms with E-state index in [9.17, 15) is 44.1 Å². The van der Waals surface area contributed by atoms with Gasteiger partial charge in [-0.05, 0) is 55.2 Å². The minimum atomic E-state index is -1.42. The van der Waals surface area contributed by atoms with Gasteiger partial charge in [-0.25, -0.2) is 34.9 Å². The van der Waals surface area contributed by atoms with Crippen LogP contribution in [0.1, 0.15) is 130 Å². The molecule has 0 radical (unpaired) electrons. The van der Waals surface area contributed by atoms with Crippen LogP contribution in [0.15, 0.2) is 93.6 Å². The number of amides is 6. The molecule has 7 atom stereocenters. The number of carbonyl (C=O) groups is 7. The van der Waals surface area contributed by atoms with Gasteiger partial charge in [0.25, 0.3) is 23.6 Å². The first kappa shape index (κ1) is 61.0. The Hall–Kier alpha value is -8.62. The van der Waals surface area contributed by atoms with Gasteiger partial charge in [0, 0.05) is 69.2 Å². The average molecular weight is 1300 g/mol. The lowest BCUT2D eigenvalue weighted by molar-refractivity contribution is -0.137. The number of pyridine rings is 1. The van der Waals surface area contributed by atoms with Gasteiger partial charge in [0.2, 0.25) is 11.8 Å². The molecule has 0 spiro atoms. The molecule has 2 aliphatic heterocycles. The fourth-order valence-electron chi connectivity index (χ4n) is 9.99. The highest BCUT2D eigenvalue weighted by atomic mass is 32.1. The number of hydrogen-bond donors (Lipinski definition) is 9. The van der Waals surface area contributed by atoms with Gasteiger partial charge in [-0.15, -0.1) is 68.0 Å². The molecule has 1 fully saturated rings. The number of aromatic hydroxyl groups is 1. The predicted molar refractivity (Wildman–Crippen MR) is 330 cm³/mol. The van der Waals surface area contributed by atoms with Crippen LogP contribution in [0.25, 0.3) is 43.4 Å². The molecule has 1 saturated heterocycles. The first-order valence-electron chi connectivity index (χ1n) is 27.3. The molecular weight excluding hydrogens is 1250 g/mol. The van der Waals surface area contributed by atoms with Crippen LogP contribution >= 0.6 is 68.0 Å². The summed E-state index contributed by atoms with van der Waals surface area (Å²) in [5.74, 6) is -5.43. The summed E-state index contributed by atoms with van der Waals surface area (Å²) in [7, 11) is 0. The van der Waals surface area contributed by atoms with Gasteiger partial charge in [-0.2, -0.15) is 0 Å². The van der Waals surface area contributed by atoms with Crippen LogP contribution in [0.5, 0.6) is 5.75 Å². The van der Waals surface area contributed by atoms with Gasteiger partial charge in [0.1, 0.15) is 93.8 Å². The van der Waals surface area contributed by atoms with E-state index in [1.165, 1.54) is 61.8 Å². The summed E-state index contributed by atoms with van der Waals surface area (Å²) in [6.45, 7) is 3.59. The van der Waals surface area contributed by atoms with E-state index in [1.807, 2.05) is 6.92 Å². The number of carboxylic acid groups (broad SMARTS) is 1. The summed E-state index contributed by atoms with van der Waals surface area (Å²) in [4.78, 5) is 131. The highest BCUT2D eigenvalue weighted by molar-refractivity contribution is 7.15. The van der Waals surface area contributed by atoms with Crippen LogP contribution in [0, 0.1) is 12.8 Å². The second-order valence-corrected chi connectivity index (χ2v) is 26.3. The van der Waals surface area contributed by atoms with Crippen LogP contribution in [-0.4, -0.2) is 127 Å². The van der Waals surface area contributed by atoms with Gasteiger partial charge in [0.05, 0.1) is 30.3 Å². The van der Waals surface area contributed by atoms with Crippen molar-refractivity contribution in [1.29, 1.82) is 0 Å². The highest BCUT2D eigenvalue weighted by Crippen LogP contribution is 2.43. The van der Waals surface area contributed by atoms with E-state index in [-0.39, 0.29) is 64.5 Å². The lowest BCUT2D eigenvalue weighted by Crippen LogP contribution is -2.50. The predicted octanol–water partition coefficient (Wildman–Crippen LogP) is 7.27. The number of aliphatic carboxylic acids is 1. The highest BCUT2D eigenvalue weighted by Gasteiger charge is 2.45. The molecule has 24 nitrogen and oxygen atoms in total. The van der Waals surface area contributed by atoms with Gasteiger partial charge in [-0.1, -0.05) is 49.4 Å². The number of nitrogens with one attached hydrogen (secondary N) is 4. The number of phenolic OH excluding ortho intramolecular Hbond substituents is 1. The van der Waals surface area contributed by atoms with Crippen molar-refractivity contribution in [1.82, 2.24) is 61.1 Å². The number of nitrogens with two attached hydrogens (primary N) is 1. The van der Waals surface area contributed by atoms with Crippen LogP contribution in [-0.2, 0) is 20.8 Å². The summed E-state index contributed by atoms with van der Waals surface area (Å²) >= 11 is 6.85. The van der Waals surface area contributed by atoms with E-state index in [4.69, 9.17) is 30.8 Å². The number of nitrogens with zero attached hydrogens (tertiary/aromatic N) is 8. The quantitative estimate of drug-likeness (QED) is 0.0512. The molecule has 9 heterocycles. The Morgan fingerprint density at radius 3 is 2.11 bits per heavy atom. The molecule has 10 N–H and O–H groups in total. The van der Waals surface area contributed by atoms with Crippen LogP contribution in [0.2, 0.25) is 0 Å². The van der Waals surface area contributed by atoms with E-state index < -0.39 is 90.1 Å².